The molecule has 1 heterocycles. The molecule has 4 atom stereocenters. The molecule has 0 aliphatic heterocycles. The number of anilines is 1. The Morgan fingerprint density at radius 1 is 1.33 bits per heavy atom. The number of carboxylic acid groups (broad SMARTS) is 1. The molecule has 2 bridgehead atoms. The van der Waals surface area contributed by atoms with E-state index in [9.17, 15) is 14.7 Å². The molecule has 2 unspecified atom stereocenters. The van der Waals surface area contributed by atoms with E-state index in [1.165, 1.54) is 6.20 Å². The van der Waals surface area contributed by atoms with E-state index in [0.29, 0.717) is 10.8 Å². The number of hydrogen-bond donors (Lipinski definition) is 2. The van der Waals surface area contributed by atoms with Crippen LogP contribution in [0.3, 0.4) is 0 Å². The molecule has 110 valence electrons. The zero-order chi connectivity index (χ0) is 15.1. The molecule has 1 aromatic rings. The van der Waals surface area contributed by atoms with Gasteiger partial charge in [0.25, 0.3) is 0 Å². The van der Waals surface area contributed by atoms with Crippen molar-refractivity contribution >= 4 is 29.2 Å². The van der Waals surface area contributed by atoms with Gasteiger partial charge in [0, 0.05) is 0 Å². The summed E-state index contributed by atoms with van der Waals surface area (Å²) in [5.41, 5.74) is 1.30. The fourth-order valence-corrected chi connectivity index (χ4v) is 3.47. The van der Waals surface area contributed by atoms with Gasteiger partial charge in [-0.1, -0.05) is 23.8 Å². The molecular weight excluding hydrogens is 292 g/mol. The van der Waals surface area contributed by atoms with Gasteiger partial charge in [-0.2, -0.15) is 0 Å². The highest BCUT2D eigenvalue weighted by molar-refractivity contribution is 6.30. The lowest BCUT2D eigenvalue weighted by Gasteiger charge is -2.23. The Balaban J connectivity index is 1.80. The third-order valence-electron chi connectivity index (χ3n) is 4.33. The van der Waals surface area contributed by atoms with Gasteiger partial charge < -0.3 is 10.4 Å². The van der Waals surface area contributed by atoms with E-state index >= 15 is 0 Å². The van der Waals surface area contributed by atoms with Crippen molar-refractivity contribution in [1.29, 1.82) is 0 Å². The largest absolute Gasteiger partial charge is 0.481 e. The molecule has 1 aromatic heterocycles. The number of rotatable bonds is 3. The maximum atomic E-state index is 12.4. The first kappa shape index (κ1) is 14.1. The highest BCUT2D eigenvalue weighted by Gasteiger charge is 2.51. The summed E-state index contributed by atoms with van der Waals surface area (Å²) in [4.78, 5) is 27.8. The van der Waals surface area contributed by atoms with E-state index in [2.05, 4.69) is 10.3 Å². The van der Waals surface area contributed by atoms with E-state index in [-0.39, 0.29) is 17.7 Å². The van der Waals surface area contributed by atoms with Crippen LogP contribution in [-0.4, -0.2) is 22.0 Å². The number of aromatic nitrogens is 1. The first-order valence-corrected chi connectivity index (χ1v) is 7.19. The summed E-state index contributed by atoms with van der Waals surface area (Å²) in [5, 5.41) is 12.5. The molecule has 0 radical (unpaired) electrons. The van der Waals surface area contributed by atoms with Crippen molar-refractivity contribution in [3.8, 4) is 0 Å². The molecule has 1 saturated carbocycles. The predicted molar refractivity (Wildman–Crippen MR) is 78.0 cm³/mol. The SMILES string of the molecule is Cc1cc(NC(=O)[C@H]2C3C=CC(C3)[C@H]2C(=O)O)cnc1Cl. The van der Waals surface area contributed by atoms with Crippen molar-refractivity contribution in [2.75, 3.05) is 5.32 Å². The number of amides is 1. The number of fused-ring (bicyclic) bond motifs is 2. The van der Waals surface area contributed by atoms with Gasteiger partial charge in [0.1, 0.15) is 5.15 Å². The van der Waals surface area contributed by atoms with Crippen LogP contribution in [-0.2, 0) is 9.59 Å². The smallest absolute Gasteiger partial charge is 0.307 e. The van der Waals surface area contributed by atoms with Crippen LogP contribution < -0.4 is 5.32 Å². The number of carbonyl (C=O) groups is 2. The molecule has 1 amide bonds. The first-order valence-electron chi connectivity index (χ1n) is 6.81. The summed E-state index contributed by atoms with van der Waals surface area (Å²) in [7, 11) is 0. The van der Waals surface area contributed by atoms with Gasteiger partial charge >= 0.3 is 5.97 Å². The highest BCUT2D eigenvalue weighted by Crippen LogP contribution is 2.48. The number of halogens is 1. The zero-order valence-electron chi connectivity index (χ0n) is 11.4. The van der Waals surface area contributed by atoms with Crippen molar-refractivity contribution in [1.82, 2.24) is 4.98 Å². The van der Waals surface area contributed by atoms with Gasteiger partial charge in [-0.25, -0.2) is 4.98 Å². The van der Waals surface area contributed by atoms with Crippen LogP contribution in [0.15, 0.2) is 24.4 Å². The number of carbonyl (C=O) groups excluding carboxylic acids is 1. The normalized spacial score (nSPS) is 29.6. The summed E-state index contributed by atoms with van der Waals surface area (Å²) in [6.45, 7) is 1.80. The van der Waals surface area contributed by atoms with E-state index in [1.807, 2.05) is 12.2 Å². The molecule has 2 aliphatic rings. The minimum absolute atomic E-state index is 0.0115. The summed E-state index contributed by atoms with van der Waals surface area (Å²) in [5.74, 6) is -2.35. The molecule has 3 rings (SSSR count). The minimum Gasteiger partial charge on any atom is -0.481 e. The lowest BCUT2D eigenvalue weighted by Crippen LogP contribution is -2.36. The van der Waals surface area contributed by atoms with E-state index < -0.39 is 17.8 Å². The van der Waals surface area contributed by atoms with E-state index in [0.717, 1.165) is 12.0 Å². The molecule has 2 N–H and O–H groups in total. The Labute approximate surface area is 127 Å². The number of hydrogen-bond acceptors (Lipinski definition) is 3. The van der Waals surface area contributed by atoms with Crippen LogP contribution in [0.5, 0.6) is 0 Å². The second-order valence-corrected chi connectivity index (χ2v) is 6.02. The molecule has 0 saturated heterocycles. The predicted octanol–water partition coefficient (Wildman–Crippen LogP) is 2.50. The number of aryl methyl sites for hydroxylation is 1. The van der Waals surface area contributed by atoms with Crippen LogP contribution in [0.1, 0.15) is 12.0 Å². The number of allylic oxidation sites excluding steroid dienone is 2. The topological polar surface area (TPSA) is 79.3 Å². The van der Waals surface area contributed by atoms with Crippen LogP contribution in [0.2, 0.25) is 5.15 Å². The molecule has 0 aromatic carbocycles. The van der Waals surface area contributed by atoms with Crippen molar-refractivity contribution in [2.24, 2.45) is 23.7 Å². The van der Waals surface area contributed by atoms with Crippen molar-refractivity contribution < 1.29 is 14.7 Å². The van der Waals surface area contributed by atoms with Gasteiger partial charge in [0.15, 0.2) is 0 Å². The Morgan fingerprint density at radius 2 is 2.00 bits per heavy atom. The third-order valence-corrected chi connectivity index (χ3v) is 4.72. The fourth-order valence-electron chi connectivity index (χ4n) is 3.37. The molecule has 21 heavy (non-hydrogen) atoms. The van der Waals surface area contributed by atoms with Gasteiger partial charge in [0.05, 0.1) is 23.7 Å². The van der Waals surface area contributed by atoms with Crippen LogP contribution in [0.4, 0.5) is 5.69 Å². The summed E-state index contributed by atoms with van der Waals surface area (Å²) in [6, 6.07) is 1.73. The van der Waals surface area contributed by atoms with Crippen molar-refractivity contribution in [3.63, 3.8) is 0 Å². The monoisotopic (exact) mass is 306 g/mol. The van der Waals surface area contributed by atoms with Gasteiger partial charge in [-0.3, -0.25) is 9.59 Å². The average molecular weight is 307 g/mol. The maximum absolute atomic E-state index is 12.4. The molecule has 1 fully saturated rings. The number of pyridine rings is 1. The minimum atomic E-state index is -0.905. The van der Waals surface area contributed by atoms with Crippen LogP contribution in [0, 0.1) is 30.6 Å². The van der Waals surface area contributed by atoms with Gasteiger partial charge in [-0.05, 0) is 36.8 Å². The first-order chi connectivity index (χ1) is 9.97. The second kappa shape index (κ2) is 5.15. The highest BCUT2D eigenvalue weighted by atomic mass is 35.5. The fraction of sp³-hybridized carbons (Fsp3) is 0.400. The molecule has 6 heteroatoms. The number of aliphatic carboxylic acids is 1. The lowest BCUT2D eigenvalue weighted by atomic mass is 9.82. The van der Waals surface area contributed by atoms with Crippen LogP contribution >= 0.6 is 11.6 Å². The molecular formula is C15H15ClN2O3. The lowest BCUT2D eigenvalue weighted by molar-refractivity contribution is -0.146. The quantitative estimate of drug-likeness (QED) is 0.664. The van der Waals surface area contributed by atoms with Crippen molar-refractivity contribution in [2.45, 2.75) is 13.3 Å². The Morgan fingerprint density at radius 3 is 2.62 bits per heavy atom. The molecule has 5 nitrogen and oxygen atoms in total. The maximum Gasteiger partial charge on any atom is 0.307 e. The second-order valence-electron chi connectivity index (χ2n) is 5.66. The molecule has 0 spiro atoms. The standard InChI is InChI=1S/C15H15ClN2O3/c1-7-4-10(6-17-13(7)16)18-14(19)11-8-2-3-9(5-8)12(11)15(20)21/h2-4,6,8-9,11-12H,5H2,1H3,(H,18,19)(H,20,21)/t8?,9?,11-,12+/m0/s1. The Kier molecular flexibility index (Phi) is 3.45. The van der Waals surface area contributed by atoms with Crippen LogP contribution in [0.25, 0.3) is 0 Å². The number of carboxylic acids is 1. The number of nitrogens with zero attached hydrogens (tertiary/aromatic N) is 1. The van der Waals surface area contributed by atoms with E-state index in [4.69, 9.17) is 11.6 Å². The average Bonchev–Trinajstić information content (AvgIpc) is 3.03. The summed E-state index contributed by atoms with van der Waals surface area (Å²) in [6.07, 6.45) is 6.10. The number of nitrogens with one attached hydrogen (secondary N) is 1. The summed E-state index contributed by atoms with van der Waals surface area (Å²) >= 11 is 5.85. The van der Waals surface area contributed by atoms with E-state index in [1.54, 1.807) is 13.0 Å². The zero-order valence-corrected chi connectivity index (χ0v) is 12.2. The van der Waals surface area contributed by atoms with Gasteiger partial charge in [0.2, 0.25) is 5.91 Å². The van der Waals surface area contributed by atoms with Gasteiger partial charge in [-0.15, -0.1) is 0 Å². The Hall–Kier alpha value is -1.88. The third kappa shape index (κ3) is 2.42. The van der Waals surface area contributed by atoms with Crippen molar-refractivity contribution in [3.05, 3.63) is 35.1 Å². The summed E-state index contributed by atoms with van der Waals surface area (Å²) < 4.78 is 0. The molecule has 2 aliphatic carbocycles. The Bertz CT molecular complexity index is 644.